The zero-order chi connectivity index (χ0) is 18.3. The van der Waals surface area contributed by atoms with Crippen molar-refractivity contribution in [2.24, 2.45) is 12.8 Å². The number of aryl methyl sites for hydroxylation is 1. The van der Waals surface area contributed by atoms with Gasteiger partial charge in [-0.3, -0.25) is 9.59 Å². The molecule has 3 heterocycles. The van der Waals surface area contributed by atoms with Gasteiger partial charge >= 0.3 is 0 Å². The summed E-state index contributed by atoms with van der Waals surface area (Å²) in [6.07, 6.45) is 4.46. The average Bonchev–Trinajstić information content (AvgIpc) is 3.33. The SMILES string of the molecule is Cn1cc(C2CCN(C(=O)c3ccoc3CC(N)=O)C2)c2ccccc21. The van der Waals surface area contributed by atoms with Gasteiger partial charge in [0.2, 0.25) is 5.91 Å². The van der Waals surface area contributed by atoms with Gasteiger partial charge in [-0.2, -0.15) is 0 Å². The summed E-state index contributed by atoms with van der Waals surface area (Å²) >= 11 is 0. The van der Waals surface area contributed by atoms with Crippen LogP contribution in [-0.4, -0.2) is 34.4 Å². The Kier molecular flexibility index (Phi) is 4.03. The number of hydrogen-bond acceptors (Lipinski definition) is 3. The smallest absolute Gasteiger partial charge is 0.257 e. The van der Waals surface area contributed by atoms with Crippen LogP contribution in [0.15, 0.2) is 47.2 Å². The number of carbonyl (C=O) groups is 2. The van der Waals surface area contributed by atoms with E-state index in [1.165, 1.54) is 22.7 Å². The minimum absolute atomic E-state index is 0.0608. The molecule has 1 aliphatic heterocycles. The Morgan fingerprint density at radius 2 is 2.08 bits per heavy atom. The minimum Gasteiger partial charge on any atom is -0.468 e. The molecule has 2 N–H and O–H groups in total. The molecule has 1 unspecified atom stereocenters. The van der Waals surface area contributed by atoms with Crippen molar-refractivity contribution in [1.29, 1.82) is 0 Å². The third-order valence-corrected chi connectivity index (χ3v) is 5.15. The summed E-state index contributed by atoms with van der Waals surface area (Å²) in [7, 11) is 2.05. The zero-order valence-electron chi connectivity index (χ0n) is 14.6. The summed E-state index contributed by atoms with van der Waals surface area (Å²) in [5.74, 6) is 0.0365. The monoisotopic (exact) mass is 351 g/mol. The quantitative estimate of drug-likeness (QED) is 0.784. The lowest BCUT2D eigenvalue weighted by Gasteiger charge is -2.16. The lowest BCUT2D eigenvalue weighted by molar-refractivity contribution is -0.117. The van der Waals surface area contributed by atoms with Gasteiger partial charge in [-0.05, 0) is 24.1 Å². The molecule has 26 heavy (non-hydrogen) atoms. The molecule has 1 aliphatic rings. The maximum absolute atomic E-state index is 12.9. The molecule has 1 aromatic carbocycles. The summed E-state index contributed by atoms with van der Waals surface area (Å²) in [6, 6.07) is 9.95. The van der Waals surface area contributed by atoms with E-state index in [9.17, 15) is 9.59 Å². The van der Waals surface area contributed by atoms with Crippen molar-refractivity contribution in [2.75, 3.05) is 13.1 Å². The van der Waals surface area contributed by atoms with Crippen LogP contribution in [0.5, 0.6) is 0 Å². The fraction of sp³-hybridized carbons (Fsp3) is 0.300. The van der Waals surface area contributed by atoms with Gasteiger partial charge in [0.25, 0.3) is 5.91 Å². The highest BCUT2D eigenvalue weighted by Gasteiger charge is 2.31. The van der Waals surface area contributed by atoms with Gasteiger partial charge in [-0.15, -0.1) is 0 Å². The van der Waals surface area contributed by atoms with E-state index in [0.717, 1.165) is 6.42 Å². The van der Waals surface area contributed by atoms with Gasteiger partial charge < -0.3 is 19.6 Å². The second-order valence-electron chi connectivity index (χ2n) is 6.85. The molecule has 0 bridgehead atoms. The number of para-hydroxylation sites is 1. The Bertz CT molecular complexity index is 985. The molecule has 1 saturated heterocycles. The number of rotatable bonds is 4. The molecule has 4 rings (SSSR count). The predicted molar refractivity (Wildman–Crippen MR) is 97.8 cm³/mol. The van der Waals surface area contributed by atoms with Gasteiger partial charge in [0.1, 0.15) is 5.76 Å². The summed E-state index contributed by atoms with van der Waals surface area (Å²) in [4.78, 5) is 25.9. The molecule has 2 amide bonds. The first-order valence-corrected chi connectivity index (χ1v) is 8.72. The Labute approximate surface area is 151 Å². The van der Waals surface area contributed by atoms with E-state index in [2.05, 4.69) is 22.9 Å². The third kappa shape index (κ3) is 2.77. The second kappa shape index (κ2) is 6.37. The number of furan rings is 1. The number of amides is 2. The van der Waals surface area contributed by atoms with Crippen LogP contribution < -0.4 is 5.73 Å². The fourth-order valence-corrected chi connectivity index (χ4v) is 3.89. The van der Waals surface area contributed by atoms with Gasteiger partial charge in [0, 0.05) is 43.2 Å². The highest BCUT2D eigenvalue weighted by molar-refractivity contribution is 5.96. The van der Waals surface area contributed by atoms with Crippen molar-refractivity contribution in [3.63, 3.8) is 0 Å². The lowest BCUT2D eigenvalue weighted by Crippen LogP contribution is -2.29. The van der Waals surface area contributed by atoms with Crippen LogP contribution in [-0.2, 0) is 18.3 Å². The molecule has 134 valence electrons. The number of carbonyl (C=O) groups excluding carboxylic acids is 2. The Morgan fingerprint density at radius 3 is 2.88 bits per heavy atom. The molecule has 0 saturated carbocycles. The molecule has 1 fully saturated rings. The van der Waals surface area contributed by atoms with Crippen molar-refractivity contribution in [3.8, 4) is 0 Å². The normalized spacial score (nSPS) is 17.1. The molecular weight excluding hydrogens is 330 g/mol. The Hall–Kier alpha value is -3.02. The van der Waals surface area contributed by atoms with Crippen LogP contribution in [0.1, 0.15) is 34.0 Å². The molecular formula is C20H21N3O3. The van der Waals surface area contributed by atoms with Crippen molar-refractivity contribution >= 4 is 22.7 Å². The highest BCUT2D eigenvalue weighted by atomic mass is 16.3. The topological polar surface area (TPSA) is 81.5 Å². The van der Waals surface area contributed by atoms with Crippen LogP contribution in [0.2, 0.25) is 0 Å². The third-order valence-electron chi connectivity index (χ3n) is 5.15. The Morgan fingerprint density at radius 1 is 1.27 bits per heavy atom. The van der Waals surface area contributed by atoms with Crippen molar-refractivity contribution < 1.29 is 14.0 Å². The predicted octanol–water partition coefficient (Wildman–Crippen LogP) is 2.43. The standard InChI is InChI=1S/C20H21N3O3/c1-22-12-16(14-4-2-3-5-17(14)22)13-6-8-23(11-13)20(25)15-7-9-26-18(15)10-19(21)24/h2-5,7,9,12-13H,6,8,10-11H2,1H3,(H2,21,24). The van der Waals surface area contributed by atoms with Gasteiger partial charge in [-0.1, -0.05) is 18.2 Å². The maximum atomic E-state index is 12.9. The fourth-order valence-electron chi connectivity index (χ4n) is 3.89. The first-order valence-electron chi connectivity index (χ1n) is 8.72. The molecule has 0 spiro atoms. The summed E-state index contributed by atoms with van der Waals surface area (Å²) in [5, 5.41) is 1.24. The minimum atomic E-state index is -0.510. The van der Waals surface area contributed by atoms with Crippen molar-refractivity contribution in [3.05, 3.63) is 59.7 Å². The molecule has 6 nitrogen and oxygen atoms in total. The number of fused-ring (bicyclic) bond motifs is 1. The van der Waals surface area contributed by atoms with Crippen LogP contribution in [0, 0.1) is 0 Å². The van der Waals surface area contributed by atoms with Crippen molar-refractivity contribution in [1.82, 2.24) is 9.47 Å². The molecule has 2 aromatic heterocycles. The van der Waals surface area contributed by atoms with E-state index in [1.54, 1.807) is 6.07 Å². The van der Waals surface area contributed by atoms with Crippen molar-refractivity contribution in [2.45, 2.75) is 18.8 Å². The van der Waals surface area contributed by atoms with E-state index in [-0.39, 0.29) is 12.3 Å². The Balaban J connectivity index is 1.56. The van der Waals surface area contributed by atoms with Gasteiger partial charge in [0.05, 0.1) is 18.2 Å². The number of likely N-dealkylation sites (tertiary alicyclic amines) is 1. The highest BCUT2D eigenvalue weighted by Crippen LogP contribution is 2.34. The number of benzene rings is 1. The molecule has 0 radical (unpaired) electrons. The van der Waals surface area contributed by atoms with E-state index in [0.29, 0.717) is 30.3 Å². The summed E-state index contributed by atoms with van der Waals surface area (Å²) in [6.45, 7) is 1.35. The number of primary amides is 1. The van der Waals surface area contributed by atoms with E-state index in [4.69, 9.17) is 10.2 Å². The largest absolute Gasteiger partial charge is 0.468 e. The van der Waals surface area contributed by atoms with Crippen LogP contribution in [0.4, 0.5) is 0 Å². The van der Waals surface area contributed by atoms with Crippen LogP contribution in [0.3, 0.4) is 0 Å². The first kappa shape index (κ1) is 16.4. The maximum Gasteiger partial charge on any atom is 0.257 e. The molecule has 6 heteroatoms. The molecule has 1 atom stereocenters. The number of hydrogen-bond donors (Lipinski definition) is 1. The van der Waals surface area contributed by atoms with Crippen LogP contribution in [0.25, 0.3) is 10.9 Å². The number of nitrogens with two attached hydrogens (primary N) is 1. The average molecular weight is 351 g/mol. The van der Waals surface area contributed by atoms with Gasteiger partial charge in [-0.25, -0.2) is 0 Å². The molecule has 0 aliphatic carbocycles. The van der Waals surface area contributed by atoms with E-state index in [1.807, 2.05) is 24.1 Å². The van der Waals surface area contributed by atoms with E-state index < -0.39 is 5.91 Å². The summed E-state index contributed by atoms with van der Waals surface area (Å²) in [5.41, 5.74) is 8.15. The number of aromatic nitrogens is 1. The van der Waals surface area contributed by atoms with E-state index >= 15 is 0 Å². The summed E-state index contributed by atoms with van der Waals surface area (Å²) < 4.78 is 7.41. The van der Waals surface area contributed by atoms with Crippen LogP contribution >= 0.6 is 0 Å². The second-order valence-corrected chi connectivity index (χ2v) is 6.85. The first-order chi connectivity index (χ1) is 12.5. The zero-order valence-corrected chi connectivity index (χ0v) is 14.6. The number of nitrogens with zero attached hydrogens (tertiary/aromatic N) is 2. The van der Waals surface area contributed by atoms with Gasteiger partial charge in [0.15, 0.2) is 0 Å². The molecule has 3 aromatic rings. The lowest BCUT2D eigenvalue weighted by atomic mass is 9.98.